The van der Waals surface area contributed by atoms with E-state index in [1.54, 1.807) is 0 Å². The summed E-state index contributed by atoms with van der Waals surface area (Å²) in [4.78, 5) is 0. The van der Waals surface area contributed by atoms with Gasteiger partial charge in [0.1, 0.15) is 0 Å². The molecule has 1 heteroatoms. The van der Waals surface area contributed by atoms with Crippen LogP contribution < -0.4 is 15.8 Å². The summed E-state index contributed by atoms with van der Waals surface area (Å²) in [7, 11) is 0. The summed E-state index contributed by atoms with van der Waals surface area (Å²) in [5.41, 5.74) is 1.30. The Morgan fingerprint density at radius 3 is 2.56 bits per heavy atom. The SMILES string of the molecule is C=CCc1ccc2c(c1)=c1ccccc1=CNC=2. The van der Waals surface area contributed by atoms with Gasteiger partial charge in [-0.3, -0.25) is 0 Å². The van der Waals surface area contributed by atoms with Crippen LogP contribution >= 0.6 is 0 Å². The molecule has 0 spiro atoms. The van der Waals surface area contributed by atoms with Gasteiger partial charge in [0, 0.05) is 12.4 Å². The molecule has 0 fully saturated rings. The van der Waals surface area contributed by atoms with E-state index in [4.69, 9.17) is 0 Å². The molecule has 1 aliphatic heterocycles. The predicted molar refractivity (Wildman–Crippen MR) is 75.8 cm³/mol. The van der Waals surface area contributed by atoms with Gasteiger partial charge in [-0.2, -0.15) is 0 Å². The number of benzene rings is 2. The van der Waals surface area contributed by atoms with Gasteiger partial charge >= 0.3 is 0 Å². The Hall–Kier alpha value is -2.28. The molecule has 1 N–H and O–H groups in total. The van der Waals surface area contributed by atoms with E-state index >= 15 is 0 Å². The molecular weight excluding hydrogens is 218 g/mol. The third-order valence-corrected chi connectivity index (χ3v) is 3.23. The van der Waals surface area contributed by atoms with Crippen molar-refractivity contribution in [2.24, 2.45) is 0 Å². The summed E-state index contributed by atoms with van der Waals surface area (Å²) in [5, 5.41) is 8.25. The number of nitrogens with one attached hydrogen (secondary N) is 1. The minimum atomic E-state index is 0.909. The van der Waals surface area contributed by atoms with Crippen molar-refractivity contribution in [3.8, 4) is 0 Å². The molecule has 2 aromatic carbocycles. The van der Waals surface area contributed by atoms with E-state index in [0.717, 1.165) is 6.42 Å². The predicted octanol–water partition coefficient (Wildman–Crippen LogP) is 1.78. The van der Waals surface area contributed by atoms with Gasteiger partial charge in [0.15, 0.2) is 0 Å². The van der Waals surface area contributed by atoms with Crippen molar-refractivity contribution in [3.05, 3.63) is 81.6 Å². The smallest absolute Gasteiger partial charge is 0.00840 e. The summed E-state index contributed by atoms with van der Waals surface area (Å²) < 4.78 is 0. The molecule has 88 valence electrons. The molecule has 1 aliphatic rings. The summed E-state index contributed by atoms with van der Waals surface area (Å²) in [6.45, 7) is 3.80. The first-order chi connectivity index (χ1) is 8.88. The van der Waals surface area contributed by atoms with E-state index in [0.29, 0.717) is 0 Å². The number of hydrogen-bond acceptors (Lipinski definition) is 1. The maximum Gasteiger partial charge on any atom is 0.00840 e. The summed E-state index contributed by atoms with van der Waals surface area (Å²) >= 11 is 0. The van der Waals surface area contributed by atoms with E-state index < -0.39 is 0 Å². The Balaban J connectivity index is 2.51. The molecule has 0 radical (unpaired) electrons. The summed E-state index contributed by atoms with van der Waals surface area (Å²) in [6, 6.07) is 15.0. The summed E-state index contributed by atoms with van der Waals surface area (Å²) in [5.74, 6) is 0. The zero-order valence-corrected chi connectivity index (χ0v) is 10.2. The van der Waals surface area contributed by atoms with Gasteiger partial charge in [-0.15, -0.1) is 6.58 Å². The molecule has 2 aromatic rings. The Morgan fingerprint density at radius 2 is 1.72 bits per heavy atom. The minimum absolute atomic E-state index is 0.909. The fourth-order valence-corrected chi connectivity index (χ4v) is 2.35. The van der Waals surface area contributed by atoms with Crippen LogP contribution in [0, 0.1) is 10.4 Å². The summed E-state index contributed by atoms with van der Waals surface area (Å²) in [6.07, 6.45) is 6.94. The van der Waals surface area contributed by atoms with Crippen LogP contribution in [0.3, 0.4) is 0 Å². The maximum absolute atomic E-state index is 3.80. The standard InChI is InChI=1S/C17H15N/c1-2-5-13-8-9-15-12-18-11-14-6-3-4-7-16(14)17(15)10-13/h2-4,6-12,18H,1,5H2. The normalized spacial score (nSPS) is 12.0. The van der Waals surface area contributed by atoms with Crippen molar-refractivity contribution < 1.29 is 0 Å². The van der Waals surface area contributed by atoms with Gasteiger partial charge in [0.2, 0.25) is 0 Å². The average molecular weight is 233 g/mol. The molecule has 0 unspecified atom stereocenters. The number of rotatable bonds is 2. The molecule has 1 nitrogen and oxygen atoms in total. The average Bonchev–Trinajstić information content (AvgIpc) is 2.58. The highest BCUT2D eigenvalue weighted by Crippen LogP contribution is 2.00. The van der Waals surface area contributed by atoms with Crippen LogP contribution in [-0.4, -0.2) is 0 Å². The lowest BCUT2D eigenvalue weighted by atomic mass is 10.1. The Bertz CT molecular complexity index is 800. The molecule has 0 saturated heterocycles. The molecule has 0 bridgehead atoms. The van der Waals surface area contributed by atoms with Crippen molar-refractivity contribution >= 4 is 12.4 Å². The second kappa shape index (κ2) is 4.53. The highest BCUT2D eigenvalue weighted by atomic mass is 14.8. The van der Waals surface area contributed by atoms with Crippen LogP contribution in [0.4, 0.5) is 0 Å². The Kier molecular flexibility index (Phi) is 2.73. The highest BCUT2D eigenvalue weighted by Gasteiger charge is 1.96. The Labute approximate surface area is 106 Å². The van der Waals surface area contributed by atoms with Crippen molar-refractivity contribution in [1.82, 2.24) is 5.32 Å². The van der Waals surface area contributed by atoms with Crippen LogP contribution in [0.25, 0.3) is 12.4 Å². The molecule has 0 amide bonds. The zero-order valence-electron chi connectivity index (χ0n) is 10.2. The first-order valence-corrected chi connectivity index (χ1v) is 6.14. The number of hydrogen-bond donors (Lipinski definition) is 1. The third kappa shape index (κ3) is 1.84. The van der Waals surface area contributed by atoms with Crippen LogP contribution in [-0.2, 0) is 6.42 Å². The number of fused-ring (bicyclic) bond motifs is 2. The largest absolute Gasteiger partial charge is 0.366 e. The third-order valence-electron chi connectivity index (χ3n) is 3.23. The fraction of sp³-hybridized carbons (Fsp3) is 0.0588. The van der Waals surface area contributed by atoms with Crippen molar-refractivity contribution in [2.75, 3.05) is 0 Å². The molecule has 0 aliphatic carbocycles. The van der Waals surface area contributed by atoms with Gasteiger partial charge < -0.3 is 5.32 Å². The van der Waals surface area contributed by atoms with Gasteiger partial charge in [0.25, 0.3) is 0 Å². The van der Waals surface area contributed by atoms with E-state index in [9.17, 15) is 0 Å². The van der Waals surface area contributed by atoms with Gasteiger partial charge in [0.05, 0.1) is 0 Å². The zero-order chi connectivity index (χ0) is 12.4. The van der Waals surface area contributed by atoms with Crippen LogP contribution in [0.5, 0.6) is 0 Å². The minimum Gasteiger partial charge on any atom is -0.366 e. The van der Waals surface area contributed by atoms with Gasteiger partial charge in [-0.25, -0.2) is 0 Å². The second-order valence-electron chi connectivity index (χ2n) is 4.46. The molecule has 0 saturated carbocycles. The first kappa shape index (κ1) is 10.8. The molecule has 0 aromatic heterocycles. The number of allylic oxidation sites excluding steroid dienone is 1. The molecule has 1 heterocycles. The molecule has 0 atom stereocenters. The van der Waals surface area contributed by atoms with Gasteiger partial charge in [-0.1, -0.05) is 48.5 Å². The van der Waals surface area contributed by atoms with Crippen LogP contribution in [0.2, 0.25) is 0 Å². The maximum atomic E-state index is 3.80. The lowest BCUT2D eigenvalue weighted by Gasteiger charge is -1.97. The highest BCUT2D eigenvalue weighted by molar-refractivity contribution is 5.40. The lowest BCUT2D eigenvalue weighted by molar-refractivity contribution is 1.25. The van der Waals surface area contributed by atoms with Crippen molar-refractivity contribution in [2.45, 2.75) is 6.42 Å². The van der Waals surface area contributed by atoms with Crippen molar-refractivity contribution in [1.29, 1.82) is 0 Å². The van der Waals surface area contributed by atoms with Crippen LogP contribution in [0.1, 0.15) is 5.56 Å². The second-order valence-corrected chi connectivity index (χ2v) is 4.46. The monoisotopic (exact) mass is 233 g/mol. The topological polar surface area (TPSA) is 12.0 Å². The van der Waals surface area contributed by atoms with E-state index in [-0.39, 0.29) is 0 Å². The molecular formula is C17H15N. The van der Waals surface area contributed by atoms with Crippen molar-refractivity contribution in [3.63, 3.8) is 0 Å². The van der Waals surface area contributed by atoms with Crippen LogP contribution in [0.15, 0.2) is 55.1 Å². The quantitative estimate of drug-likeness (QED) is 0.780. The van der Waals surface area contributed by atoms with E-state index in [1.165, 1.54) is 26.4 Å². The van der Waals surface area contributed by atoms with E-state index in [2.05, 4.69) is 54.4 Å². The van der Waals surface area contributed by atoms with E-state index in [1.807, 2.05) is 18.5 Å². The fourth-order valence-electron chi connectivity index (χ4n) is 2.35. The Morgan fingerprint density at radius 1 is 0.944 bits per heavy atom. The van der Waals surface area contributed by atoms with Gasteiger partial charge in [-0.05, 0) is 32.9 Å². The molecule has 18 heavy (non-hydrogen) atoms. The lowest BCUT2D eigenvalue weighted by Crippen LogP contribution is -2.07. The molecule has 3 rings (SSSR count). The first-order valence-electron chi connectivity index (χ1n) is 6.14.